The van der Waals surface area contributed by atoms with Gasteiger partial charge in [0.25, 0.3) is 0 Å². The van der Waals surface area contributed by atoms with Gasteiger partial charge in [-0.2, -0.15) is 0 Å². The van der Waals surface area contributed by atoms with E-state index >= 15 is 0 Å². The summed E-state index contributed by atoms with van der Waals surface area (Å²) in [5, 5.41) is 2.32. The molecule has 0 radical (unpaired) electrons. The Hall–Kier alpha value is -2.38. The Bertz CT molecular complexity index is 419. The molecule has 0 aliphatic carbocycles. The Morgan fingerprint density at radius 3 is 2.45 bits per heavy atom. The number of hydrogen-bond acceptors (Lipinski definition) is 7. The summed E-state index contributed by atoms with van der Waals surface area (Å²) in [6, 6.07) is -1.01. The maximum Gasteiger partial charge on any atom is 0.408 e. The van der Waals surface area contributed by atoms with Crippen molar-refractivity contribution in [3.05, 3.63) is 12.7 Å². The molecule has 8 heteroatoms. The molecule has 0 aliphatic rings. The minimum absolute atomic E-state index is 0.0107. The number of esters is 2. The van der Waals surface area contributed by atoms with Crippen LogP contribution in [0.3, 0.4) is 0 Å². The lowest BCUT2D eigenvalue weighted by Gasteiger charge is -2.16. The van der Waals surface area contributed by atoms with Crippen molar-refractivity contribution in [1.82, 2.24) is 5.32 Å². The second-order valence-electron chi connectivity index (χ2n) is 4.36. The first kappa shape index (κ1) is 19.6. The first-order chi connectivity index (χ1) is 10.4. The van der Waals surface area contributed by atoms with Gasteiger partial charge in [0.2, 0.25) is 0 Å². The predicted molar refractivity (Wildman–Crippen MR) is 76.0 cm³/mol. The highest BCUT2D eigenvalue weighted by molar-refractivity contribution is 5.84. The highest BCUT2D eigenvalue weighted by Gasteiger charge is 2.23. The molecule has 0 spiro atoms. The van der Waals surface area contributed by atoms with E-state index in [-0.39, 0.29) is 31.8 Å². The van der Waals surface area contributed by atoms with Crippen LogP contribution in [0.25, 0.3) is 0 Å². The standard InChI is InChI=1S/C14H21NO7/c1-4-8-21-14(19)15-11(6-5-7-12(17)20-3)13(18)22-9-10(2)16/h4,11H,1,5-9H2,2-3H3,(H,15,19). The normalized spacial score (nSPS) is 11.0. The van der Waals surface area contributed by atoms with Gasteiger partial charge in [0.05, 0.1) is 7.11 Å². The molecule has 0 saturated carbocycles. The van der Waals surface area contributed by atoms with Crippen LogP contribution in [0.1, 0.15) is 26.2 Å². The smallest absolute Gasteiger partial charge is 0.408 e. The molecule has 0 rings (SSSR count). The van der Waals surface area contributed by atoms with Gasteiger partial charge in [0.15, 0.2) is 5.78 Å². The van der Waals surface area contributed by atoms with Crippen LogP contribution in [0, 0.1) is 0 Å². The summed E-state index contributed by atoms with van der Waals surface area (Å²) in [7, 11) is 1.26. The minimum atomic E-state index is -1.01. The molecular weight excluding hydrogens is 294 g/mol. The van der Waals surface area contributed by atoms with Crippen molar-refractivity contribution in [2.75, 3.05) is 20.3 Å². The summed E-state index contributed by atoms with van der Waals surface area (Å²) in [6.07, 6.45) is 1.10. The zero-order chi connectivity index (χ0) is 17.0. The van der Waals surface area contributed by atoms with Crippen LogP contribution in [0.5, 0.6) is 0 Å². The van der Waals surface area contributed by atoms with E-state index in [4.69, 9.17) is 9.47 Å². The Morgan fingerprint density at radius 1 is 1.23 bits per heavy atom. The highest BCUT2D eigenvalue weighted by atomic mass is 16.6. The number of Topliss-reactive ketones (excluding diaryl/α,β-unsaturated/α-hetero) is 1. The number of amides is 1. The molecule has 0 saturated heterocycles. The molecule has 1 unspecified atom stereocenters. The molecule has 0 fully saturated rings. The van der Waals surface area contributed by atoms with Gasteiger partial charge in [0.1, 0.15) is 19.3 Å². The van der Waals surface area contributed by atoms with Gasteiger partial charge in [-0.3, -0.25) is 9.59 Å². The molecule has 0 heterocycles. The van der Waals surface area contributed by atoms with Crippen molar-refractivity contribution in [1.29, 1.82) is 0 Å². The Kier molecular flexibility index (Phi) is 10.1. The maximum absolute atomic E-state index is 11.8. The average Bonchev–Trinajstić information content (AvgIpc) is 2.49. The number of alkyl carbamates (subject to hydrolysis) is 1. The first-order valence-electron chi connectivity index (χ1n) is 6.67. The number of ketones is 1. The SMILES string of the molecule is C=CCOC(=O)NC(CCCC(=O)OC)C(=O)OCC(C)=O. The third-order valence-electron chi connectivity index (χ3n) is 2.43. The highest BCUT2D eigenvalue weighted by Crippen LogP contribution is 2.05. The third-order valence-corrected chi connectivity index (χ3v) is 2.43. The lowest BCUT2D eigenvalue weighted by molar-refractivity contribution is -0.150. The van der Waals surface area contributed by atoms with Gasteiger partial charge in [-0.1, -0.05) is 12.7 Å². The molecule has 124 valence electrons. The van der Waals surface area contributed by atoms with Crippen LogP contribution < -0.4 is 5.32 Å². The van der Waals surface area contributed by atoms with Gasteiger partial charge in [0, 0.05) is 6.42 Å². The second kappa shape index (κ2) is 11.3. The average molecular weight is 315 g/mol. The molecule has 0 aromatic rings. The van der Waals surface area contributed by atoms with Crippen LogP contribution in [0.4, 0.5) is 4.79 Å². The van der Waals surface area contributed by atoms with E-state index in [2.05, 4.69) is 16.6 Å². The van der Waals surface area contributed by atoms with Gasteiger partial charge in [-0.05, 0) is 19.8 Å². The quantitative estimate of drug-likeness (QED) is 0.360. The summed E-state index contributed by atoms with van der Waals surface area (Å²) in [5.74, 6) is -1.52. The minimum Gasteiger partial charge on any atom is -0.469 e. The van der Waals surface area contributed by atoms with E-state index in [0.29, 0.717) is 6.42 Å². The van der Waals surface area contributed by atoms with Crippen LogP contribution in [0.2, 0.25) is 0 Å². The summed E-state index contributed by atoms with van der Waals surface area (Å²) in [4.78, 5) is 45.1. The fourth-order valence-electron chi connectivity index (χ4n) is 1.39. The van der Waals surface area contributed by atoms with Crippen LogP contribution >= 0.6 is 0 Å². The van der Waals surface area contributed by atoms with Crippen LogP contribution in [-0.4, -0.2) is 50.2 Å². The van der Waals surface area contributed by atoms with E-state index in [0.717, 1.165) is 0 Å². The van der Waals surface area contributed by atoms with Crippen molar-refractivity contribution in [2.45, 2.75) is 32.2 Å². The van der Waals surface area contributed by atoms with Crippen molar-refractivity contribution >= 4 is 23.8 Å². The molecule has 0 aromatic heterocycles. The van der Waals surface area contributed by atoms with Gasteiger partial charge in [-0.25, -0.2) is 9.59 Å². The molecule has 0 aliphatic heterocycles. The number of hydrogen-bond donors (Lipinski definition) is 1. The third kappa shape index (κ3) is 9.51. The number of methoxy groups -OCH3 is 1. The zero-order valence-corrected chi connectivity index (χ0v) is 12.8. The summed E-state index contributed by atoms with van der Waals surface area (Å²) in [6.45, 7) is 4.27. The van der Waals surface area contributed by atoms with Crippen LogP contribution in [-0.2, 0) is 28.6 Å². The molecule has 1 atom stereocenters. The second-order valence-corrected chi connectivity index (χ2v) is 4.36. The monoisotopic (exact) mass is 315 g/mol. The lowest BCUT2D eigenvalue weighted by Crippen LogP contribution is -2.42. The summed E-state index contributed by atoms with van der Waals surface area (Å²) < 4.78 is 14.0. The molecule has 22 heavy (non-hydrogen) atoms. The molecule has 1 N–H and O–H groups in total. The Morgan fingerprint density at radius 2 is 1.91 bits per heavy atom. The molecule has 1 amide bonds. The number of carbonyl (C=O) groups excluding carboxylic acids is 4. The van der Waals surface area contributed by atoms with E-state index in [9.17, 15) is 19.2 Å². The topological polar surface area (TPSA) is 108 Å². The molecule has 0 aromatic carbocycles. The Balaban J connectivity index is 4.49. The fourth-order valence-corrected chi connectivity index (χ4v) is 1.39. The van der Waals surface area contributed by atoms with Gasteiger partial charge >= 0.3 is 18.0 Å². The lowest BCUT2D eigenvalue weighted by atomic mass is 10.1. The number of rotatable bonds is 10. The molecule has 8 nitrogen and oxygen atoms in total. The van der Waals surface area contributed by atoms with Crippen LogP contribution in [0.15, 0.2) is 12.7 Å². The predicted octanol–water partition coefficient (Wildman–Crippen LogP) is 0.743. The molecule has 0 bridgehead atoms. The van der Waals surface area contributed by atoms with E-state index in [1.54, 1.807) is 0 Å². The van der Waals surface area contributed by atoms with E-state index < -0.39 is 24.1 Å². The fraction of sp³-hybridized carbons (Fsp3) is 0.571. The van der Waals surface area contributed by atoms with Crippen molar-refractivity contribution in [2.24, 2.45) is 0 Å². The van der Waals surface area contributed by atoms with Crippen molar-refractivity contribution < 1.29 is 33.4 Å². The van der Waals surface area contributed by atoms with E-state index in [1.165, 1.54) is 20.1 Å². The number of nitrogens with one attached hydrogen (secondary N) is 1. The largest absolute Gasteiger partial charge is 0.469 e. The van der Waals surface area contributed by atoms with Crippen molar-refractivity contribution in [3.63, 3.8) is 0 Å². The van der Waals surface area contributed by atoms with Crippen molar-refractivity contribution in [3.8, 4) is 0 Å². The maximum atomic E-state index is 11.8. The van der Waals surface area contributed by atoms with E-state index in [1.807, 2.05) is 0 Å². The number of carbonyl (C=O) groups is 4. The summed E-state index contributed by atoms with van der Waals surface area (Å²) >= 11 is 0. The molecular formula is C14H21NO7. The number of ether oxygens (including phenoxy) is 3. The van der Waals surface area contributed by atoms with Gasteiger partial charge < -0.3 is 19.5 Å². The Labute approximate surface area is 128 Å². The first-order valence-corrected chi connectivity index (χ1v) is 6.67. The van der Waals surface area contributed by atoms with Gasteiger partial charge in [-0.15, -0.1) is 0 Å². The zero-order valence-electron chi connectivity index (χ0n) is 12.8. The summed E-state index contributed by atoms with van der Waals surface area (Å²) in [5.41, 5.74) is 0.